The van der Waals surface area contributed by atoms with Gasteiger partial charge in [-0.3, -0.25) is 0 Å². The zero-order valence-corrected chi connectivity index (χ0v) is 23.4. The molecule has 0 aliphatic carbocycles. The summed E-state index contributed by atoms with van der Waals surface area (Å²) < 4.78 is 23.8. The number of aryl methyl sites for hydroxylation is 1. The SMILES string of the molecule is CCCCCOCC(O)COc1c2ccccc2c(OCC(O)COCCCCC)c2cc(CC)ccc12. The first-order valence-corrected chi connectivity index (χ1v) is 14.3. The van der Waals surface area contributed by atoms with Gasteiger partial charge >= 0.3 is 0 Å². The minimum absolute atomic E-state index is 0.136. The Balaban J connectivity index is 1.80. The third-order valence-electron chi connectivity index (χ3n) is 6.64. The largest absolute Gasteiger partial charge is 0.489 e. The molecule has 0 heterocycles. The van der Waals surface area contributed by atoms with E-state index < -0.39 is 12.2 Å². The van der Waals surface area contributed by atoms with Crippen LogP contribution in [0, 0.1) is 0 Å². The summed E-state index contributed by atoms with van der Waals surface area (Å²) in [6, 6.07) is 14.2. The highest BCUT2D eigenvalue weighted by molar-refractivity contribution is 6.11. The van der Waals surface area contributed by atoms with Gasteiger partial charge < -0.3 is 29.2 Å². The van der Waals surface area contributed by atoms with Crippen LogP contribution in [-0.4, -0.2) is 62.1 Å². The van der Waals surface area contributed by atoms with Gasteiger partial charge in [0.25, 0.3) is 0 Å². The Bertz CT molecular complexity index is 1100. The minimum Gasteiger partial charge on any atom is -0.489 e. The van der Waals surface area contributed by atoms with Crippen LogP contribution >= 0.6 is 0 Å². The molecule has 6 heteroatoms. The molecule has 0 saturated carbocycles. The fourth-order valence-corrected chi connectivity index (χ4v) is 4.48. The van der Waals surface area contributed by atoms with Gasteiger partial charge in [0.1, 0.15) is 36.9 Å². The van der Waals surface area contributed by atoms with Gasteiger partial charge in [-0.25, -0.2) is 0 Å². The van der Waals surface area contributed by atoms with Gasteiger partial charge in [-0.15, -0.1) is 0 Å². The molecule has 210 valence electrons. The van der Waals surface area contributed by atoms with Gasteiger partial charge in [0.15, 0.2) is 0 Å². The maximum Gasteiger partial charge on any atom is 0.135 e. The number of aliphatic hydroxyl groups excluding tert-OH is 2. The molecule has 0 saturated heterocycles. The molecule has 6 nitrogen and oxygen atoms in total. The number of unbranched alkanes of at least 4 members (excludes halogenated alkanes) is 4. The van der Waals surface area contributed by atoms with Crippen molar-refractivity contribution in [2.45, 2.75) is 77.9 Å². The number of benzene rings is 3. The van der Waals surface area contributed by atoms with Gasteiger partial charge in [0.05, 0.1) is 13.2 Å². The average molecular weight is 527 g/mol. The quantitative estimate of drug-likeness (QED) is 0.138. The highest BCUT2D eigenvalue weighted by Gasteiger charge is 2.19. The second-order valence-corrected chi connectivity index (χ2v) is 9.93. The van der Waals surface area contributed by atoms with E-state index in [1.165, 1.54) is 5.56 Å². The van der Waals surface area contributed by atoms with Crippen molar-refractivity contribution in [1.82, 2.24) is 0 Å². The highest BCUT2D eigenvalue weighted by atomic mass is 16.5. The maximum absolute atomic E-state index is 10.5. The standard InChI is InChI=1S/C32H46O6/c1-4-7-11-17-35-20-25(33)22-37-31-27-13-9-10-14-28(27)32(30-19-24(6-3)15-16-29(30)31)38-23-26(34)21-36-18-12-8-5-2/h9-10,13-16,19,25-26,33-34H,4-8,11-12,17-18,20-23H2,1-3H3. The fraction of sp³-hybridized carbons (Fsp3) is 0.562. The molecule has 0 amide bonds. The summed E-state index contributed by atoms with van der Waals surface area (Å²) in [6.45, 7) is 8.51. The average Bonchev–Trinajstić information content (AvgIpc) is 2.94. The van der Waals surface area contributed by atoms with E-state index in [4.69, 9.17) is 18.9 Å². The lowest BCUT2D eigenvalue weighted by atomic mass is 9.98. The highest BCUT2D eigenvalue weighted by Crippen LogP contribution is 2.43. The predicted molar refractivity (Wildman–Crippen MR) is 155 cm³/mol. The van der Waals surface area contributed by atoms with E-state index in [1.807, 2.05) is 24.3 Å². The van der Waals surface area contributed by atoms with Crippen LogP contribution in [0.5, 0.6) is 11.5 Å². The van der Waals surface area contributed by atoms with Gasteiger partial charge in [-0.2, -0.15) is 0 Å². The summed E-state index contributed by atoms with van der Waals surface area (Å²) in [5.41, 5.74) is 1.18. The molecule has 0 bridgehead atoms. The van der Waals surface area contributed by atoms with E-state index in [2.05, 4.69) is 39.0 Å². The molecule has 3 aromatic carbocycles. The number of hydrogen-bond donors (Lipinski definition) is 2. The van der Waals surface area contributed by atoms with Crippen molar-refractivity contribution in [1.29, 1.82) is 0 Å². The molecular weight excluding hydrogens is 480 g/mol. The molecule has 0 aliphatic heterocycles. The topological polar surface area (TPSA) is 77.4 Å². The lowest BCUT2D eigenvalue weighted by molar-refractivity contribution is 0.0112. The van der Waals surface area contributed by atoms with Crippen LogP contribution in [0.3, 0.4) is 0 Å². The fourth-order valence-electron chi connectivity index (χ4n) is 4.48. The zero-order valence-electron chi connectivity index (χ0n) is 23.4. The van der Waals surface area contributed by atoms with Crippen LogP contribution in [0.1, 0.15) is 64.9 Å². The first-order valence-electron chi connectivity index (χ1n) is 14.3. The predicted octanol–water partition coefficient (Wildman–Crippen LogP) is 6.45. The van der Waals surface area contributed by atoms with Gasteiger partial charge in [0, 0.05) is 34.8 Å². The first kappa shape index (κ1) is 30.2. The Morgan fingerprint density at radius 3 is 1.61 bits per heavy atom. The molecule has 2 N–H and O–H groups in total. The Hall–Kier alpha value is -2.38. The van der Waals surface area contributed by atoms with Crippen LogP contribution in [0.15, 0.2) is 42.5 Å². The van der Waals surface area contributed by atoms with Crippen LogP contribution in [0.2, 0.25) is 0 Å². The van der Waals surface area contributed by atoms with Crippen molar-refractivity contribution in [3.63, 3.8) is 0 Å². The van der Waals surface area contributed by atoms with Crippen LogP contribution in [0.25, 0.3) is 21.5 Å². The molecular formula is C32H46O6. The number of aliphatic hydroxyl groups is 2. The minimum atomic E-state index is -0.719. The number of hydrogen-bond acceptors (Lipinski definition) is 6. The normalized spacial score (nSPS) is 13.2. The van der Waals surface area contributed by atoms with Crippen LogP contribution < -0.4 is 9.47 Å². The Morgan fingerprint density at radius 1 is 0.605 bits per heavy atom. The second kappa shape index (κ2) is 16.6. The van der Waals surface area contributed by atoms with Crippen molar-refractivity contribution in [2.24, 2.45) is 0 Å². The van der Waals surface area contributed by atoms with E-state index in [1.54, 1.807) is 0 Å². The summed E-state index contributed by atoms with van der Waals surface area (Å²) in [5.74, 6) is 1.44. The maximum atomic E-state index is 10.5. The summed E-state index contributed by atoms with van der Waals surface area (Å²) in [7, 11) is 0. The monoisotopic (exact) mass is 526 g/mol. The smallest absolute Gasteiger partial charge is 0.135 e. The Kier molecular flexibility index (Phi) is 13.1. The van der Waals surface area contributed by atoms with E-state index in [0.29, 0.717) is 13.2 Å². The lowest BCUT2D eigenvalue weighted by Gasteiger charge is -2.21. The molecule has 2 unspecified atom stereocenters. The third-order valence-corrected chi connectivity index (χ3v) is 6.64. The van der Waals surface area contributed by atoms with Crippen LogP contribution in [-0.2, 0) is 15.9 Å². The Morgan fingerprint density at radius 2 is 1.11 bits per heavy atom. The molecule has 0 aromatic heterocycles. The van der Waals surface area contributed by atoms with Crippen molar-refractivity contribution in [3.8, 4) is 11.5 Å². The van der Waals surface area contributed by atoms with E-state index in [9.17, 15) is 10.2 Å². The molecule has 0 spiro atoms. The van der Waals surface area contributed by atoms with Crippen molar-refractivity contribution in [3.05, 3.63) is 48.0 Å². The first-order chi connectivity index (χ1) is 18.6. The molecule has 0 radical (unpaired) electrons. The van der Waals surface area contributed by atoms with Gasteiger partial charge in [-0.05, 0) is 30.9 Å². The molecule has 3 aromatic rings. The third kappa shape index (κ3) is 8.84. The molecule has 2 atom stereocenters. The lowest BCUT2D eigenvalue weighted by Crippen LogP contribution is -2.24. The van der Waals surface area contributed by atoms with Crippen molar-refractivity contribution in [2.75, 3.05) is 39.6 Å². The molecule has 3 rings (SSSR count). The van der Waals surface area contributed by atoms with Crippen molar-refractivity contribution < 1.29 is 29.2 Å². The van der Waals surface area contributed by atoms with E-state index in [-0.39, 0.29) is 26.4 Å². The summed E-state index contributed by atoms with van der Waals surface area (Å²) >= 11 is 0. The summed E-state index contributed by atoms with van der Waals surface area (Å²) in [6.07, 6.45) is 5.98. The molecule has 38 heavy (non-hydrogen) atoms. The van der Waals surface area contributed by atoms with Gasteiger partial charge in [0.2, 0.25) is 0 Å². The zero-order chi connectivity index (χ0) is 27.2. The van der Waals surface area contributed by atoms with E-state index in [0.717, 1.165) is 78.0 Å². The van der Waals surface area contributed by atoms with Crippen molar-refractivity contribution >= 4 is 21.5 Å². The van der Waals surface area contributed by atoms with E-state index >= 15 is 0 Å². The Labute approximate surface area is 227 Å². The second-order valence-electron chi connectivity index (χ2n) is 9.93. The van der Waals surface area contributed by atoms with Gasteiger partial charge in [-0.1, -0.05) is 82.9 Å². The molecule has 0 aliphatic rings. The van der Waals surface area contributed by atoms with Crippen LogP contribution in [0.4, 0.5) is 0 Å². The molecule has 0 fully saturated rings. The number of rotatable bonds is 19. The summed E-state index contributed by atoms with van der Waals surface area (Å²) in [4.78, 5) is 0. The number of ether oxygens (including phenoxy) is 4. The summed E-state index contributed by atoms with van der Waals surface area (Å²) in [5, 5.41) is 24.7. The number of fused-ring (bicyclic) bond motifs is 2.